The summed E-state index contributed by atoms with van der Waals surface area (Å²) in [5.41, 5.74) is 0. The van der Waals surface area contributed by atoms with Crippen LogP contribution in [0.5, 0.6) is 0 Å². The van der Waals surface area contributed by atoms with Gasteiger partial charge in [-0.25, -0.2) is 4.79 Å². The Labute approximate surface area is 92.4 Å². The Morgan fingerprint density at radius 2 is 2.31 bits per heavy atom. The lowest BCUT2D eigenvalue weighted by Crippen LogP contribution is -2.40. The van der Waals surface area contributed by atoms with Gasteiger partial charge in [-0.1, -0.05) is 12.1 Å². The smallest absolute Gasteiger partial charge is 0.326 e. The number of rotatable bonds is 6. The Balaban J connectivity index is 2.33. The fourth-order valence-electron chi connectivity index (χ4n) is 1.17. The second-order valence-corrected chi connectivity index (χ2v) is 3.28. The number of aromatic nitrogens is 3. The van der Waals surface area contributed by atoms with Crippen molar-refractivity contribution in [2.45, 2.75) is 32.4 Å². The number of aliphatic carboxylic acids is 1. The highest BCUT2D eigenvalue weighted by molar-refractivity contribution is 5.83. The summed E-state index contributed by atoms with van der Waals surface area (Å²) in [5, 5.41) is 18.4. The number of aryl methyl sites for hydroxylation is 1. The highest BCUT2D eigenvalue weighted by Crippen LogP contribution is 1.94. The molecule has 0 saturated heterocycles. The van der Waals surface area contributed by atoms with E-state index in [-0.39, 0.29) is 12.3 Å². The van der Waals surface area contributed by atoms with Crippen LogP contribution in [-0.4, -0.2) is 38.0 Å². The number of hydrogen-bond donors (Lipinski definition) is 2. The van der Waals surface area contributed by atoms with Gasteiger partial charge in [-0.3, -0.25) is 9.48 Å². The van der Waals surface area contributed by atoms with E-state index in [0.717, 1.165) is 0 Å². The maximum atomic E-state index is 11.4. The second kappa shape index (κ2) is 5.84. The van der Waals surface area contributed by atoms with E-state index in [0.29, 0.717) is 13.0 Å². The van der Waals surface area contributed by atoms with Gasteiger partial charge in [-0.2, -0.15) is 0 Å². The van der Waals surface area contributed by atoms with Crippen LogP contribution in [0.1, 0.15) is 19.8 Å². The van der Waals surface area contributed by atoms with Crippen molar-refractivity contribution in [2.24, 2.45) is 0 Å². The molecule has 1 amide bonds. The molecule has 2 N–H and O–H groups in total. The van der Waals surface area contributed by atoms with E-state index < -0.39 is 12.0 Å². The number of amides is 1. The van der Waals surface area contributed by atoms with Gasteiger partial charge < -0.3 is 10.4 Å². The van der Waals surface area contributed by atoms with E-state index in [1.54, 1.807) is 13.1 Å². The number of carbonyl (C=O) groups is 2. The first-order valence-corrected chi connectivity index (χ1v) is 4.99. The third kappa shape index (κ3) is 3.68. The molecule has 88 valence electrons. The molecular weight excluding hydrogens is 212 g/mol. The van der Waals surface area contributed by atoms with Gasteiger partial charge in [-0.05, 0) is 6.42 Å². The Morgan fingerprint density at radius 1 is 1.56 bits per heavy atom. The minimum Gasteiger partial charge on any atom is -0.480 e. The van der Waals surface area contributed by atoms with Crippen molar-refractivity contribution >= 4 is 11.9 Å². The average Bonchev–Trinajstić information content (AvgIpc) is 2.75. The predicted octanol–water partition coefficient (Wildman–Crippen LogP) is -0.352. The van der Waals surface area contributed by atoms with Crippen LogP contribution in [0.25, 0.3) is 0 Å². The van der Waals surface area contributed by atoms with Crippen LogP contribution in [-0.2, 0) is 16.1 Å². The maximum absolute atomic E-state index is 11.4. The van der Waals surface area contributed by atoms with Gasteiger partial charge in [0.25, 0.3) is 0 Å². The summed E-state index contributed by atoms with van der Waals surface area (Å²) in [4.78, 5) is 22.0. The molecule has 7 heteroatoms. The minimum atomic E-state index is -1.02. The lowest BCUT2D eigenvalue weighted by atomic mass is 10.2. The highest BCUT2D eigenvalue weighted by Gasteiger charge is 2.16. The molecule has 0 radical (unpaired) electrons. The number of carbonyl (C=O) groups excluding carboxylic acids is 1. The molecule has 1 heterocycles. The first-order chi connectivity index (χ1) is 7.63. The quantitative estimate of drug-likeness (QED) is 0.690. The molecule has 0 aliphatic carbocycles. The van der Waals surface area contributed by atoms with Crippen molar-refractivity contribution < 1.29 is 14.7 Å². The van der Waals surface area contributed by atoms with E-state index in [1.807, 2.05) is 0 Å². The third-order valence-corrected chi connectivity index (χ3v) is 2.08. The topological polar surface area (TPSA) is 97.1 Å². The molecule has 0 fully saturated rings. The molecule has 16 heavy (non-hydrogen) atoms. The molecule has 1 aromatic heterocycles. The van der Waals surface area contributed by atoms with E-state index >= 15 is 0 Å². The zero-order chi connectivity index (χ0) is 12.0. The van der Waals surface area contributed by atoms with E-state index in [4.69, 9.17) is 5.11 Å². The van der Waals surface area contributed by atoms with Crippen molar-refractivity contribution in [3.63, 3.8) is 0 Å². The number of carboxylic acid groups (broad SMARTS) is 1. The van der Waals surface area contributed by atoms with Crippen molar-refractivity contribution in [3.05, 3.63) is 12.4 Å². The summed E-state index contributed by atoms with van der Waals surface area (Å²) in [6, 6.07) is -0.816. The van der Waals surface area contributed by atoms with E-state index in [2.05, 4.69) is 15.6 Å². The first kappa shape index (κ1) is 12.2. The monoisotopic (exact) mass is 226 g/mol. The van der Waals surface area contributed by atoms with Crippen LogP contribution in [0, 0.1) is 0 Å². The Hall–Kier alpha value is -1.92. The molecule has 0 aliphatic rings. The standard InChI is InChI=1S/C9H14N4O3/c1-2-7(9(15)16)11-8(14)3-5-13-6-4-10-12-13/h4,6-7H,2-3,5H2,1H3,(H,11,14)(H,15,16)/t7-/m0/s1. The number of carboxylic acids is 1. The summed E-state index contributed by atoms with van der Waals surface area (Å²) < 4.78 is 1.52. The summed E-state index contributed by atoms with van der Waals surface area (Å²) in [6.45, 7) is 2.10. The van der Waals surface area contributed by atoms with Gasteiger partial charge >= 0.3 is 5.97 Å². The molecule has 0 aliphatic heterocycles. The van der Waals surface area contributed by atoms with Crippen LogP contribution >= 0.6 is 0 Å². The number of nitrogens with one attached hydrogen (secondary N) is 1. The number of nitrogens with zero attached hydrogens (tertiary/aromatic N) is 3. The Bertz CT molecular complexity index is 350. The summed E-state index contributed by atoms with van der Waals surface area (Å²) in [6.07, 6.45) is 3.71. The van der Waals surface area contributed by atoms with Crippen molar-refractivity contribution in [2.75, 3.05) is 0 Å². The Morgan fingerprint density at radius 3 is 2.81 bits per heavy atom. The molecule has 0 saturated carbocycles. The summed E-state index contributed by atoms with van der Waals surface area (Å²) in [7, 11) is 0. The lowest BCUT2D eigenvalue weighted by Gasteiger charge is -2.11. The molecule has 1 aromatic rings. The molecule has 0 aromatic carbocycles. The second-order valence-electron chi connectivity index (χ2n) is 3.28. The summed E-state index contributed by atoms with van der Waals surface area (Å²) >= 11 is 0. The van der Waals surface area contributed by atoms with Crippen molar-refractivity contribution in [1.29, 1.82) is 0 Å². The van der Waals surface area contributed by atoms with Crippen LogP contribution in [0.15, 0.2) is 12.4 Å². The average molecular weight is 226 g/mol. The zero-order valence-electron chi connectivity index (χ0n) is 8.96. The predicted molar refractivity (Wildman–Crippen MR) is 54.5 cm³/mol. The molecule has 1 atom stereocenters. The van der Waals surface area contributed by atoms with Crippen LogP contribution in [0.2, 0.25) is 0 Å². The van der Waals surface area contributed by atoms with Gasteiger partial charge in [-0.15, -0.1) is 5.10 Å². The molecule has 1 rings (SSSR count). The highest BCUT2D eigenvalue weighted by atomic mass is 16.4. The third-order valence-electron chi connectivity index (χ3n) is 2.08. The van der Waals surface area contributed by atoms with Crippen LogP contribution in [0.4, 0.5) is 0 Å². The minimum absolute atomic E-state index is 0.188. The van der Waals surface area contributed by atoms with Gasteiger partial charge in [0, 0.05) is 12.6 Å². The fraction of sp³-hybridized carbons (Fsp3) is 0.556. The van der Waals surface area contributed by atoms with E-state index in [9.17, 15) is 9.59 Å². The molecule has 0 bridgehead atoms. The van der Waals surface area contributed by atoms with Crippen molar-refractivity contribution in [1.82, 2.24) is 20.3 Å². The van der Waals surface area contributed by atoms with Crippen LogP contribution < -0.4 is 5.32 Å². The normalized spacial score (nSPS) is 12.1. The molecule has 0 unspecified atom stereocenters. The Kier molecular flexibility index (Phi) is 4.43. The lowest BCUT2D eigenvalue weighted by molar-refractivity contribution is -0.141. The number of hydrogen-bond acceptors (Lipinski definition) is 4. The zero-order valence-corrected chi connectivity index (χ0v) is 8.96. The molecular formula is C9H14N4O3. The maximum Gasteiger partial charge on any atom is 0.326 e. The van der Waals surface area contributed by atoms with E-state index in [1.165, 1.54) is 10.9 Å². The van der Waals surface area contributed by atoms with Gasteiger partial charge in [0.1, 0.15) is 6.04 Å². The SMILES string of the molecule is CC[C@H](NC(=O)CCn1ccnn1)C(=O)O. The molecule has 7 nitrogen and oxygen atoms in total. The van der Waals surface area contributed by atoms with Gasteiger partial charge in [0.15, 0.2) is 0 Å². The largest absolute Gasteiger partial charge is 0.480 e. The first-order valence-electron chi connectivity index (χ1n) is 4.99. The summed E-state index contributed by atoms with van der Waals surface area (Å²) in [5.74, 6) is -1.32. The fourth-order valence-corrected chi connectivity index (χ4v) is 1.17. The van der Waals surface area contributed by atoms with Gasteiger partial charge in [0.05, 0.1) is 12.7 Å². The van der Waals surface area contributed by atoms with Gasteiger partial charge in [0.2, 0.25) is 5.91 Å². The van der Waals surface area contributed by atoms with Crippen molar-refractivity contribution in [3.8, 4) is 0 Å². The van der Waals surface area contributed by atoms with Crippen LogP contribution in [0.3, 0.4) is 0 Å². The molecule has 0 spiro atoms.